The largest absolute Gasteiger partial charge is 0.481 e. The maximum Gasteiger partial charge on any atom is 0.308 e. The number of thiazole rings is 1. The summed E-state index contributed by atoms with van der Waals surface area (Å²) < 4.78 is 0. The van der Waals surface area contributed by atoms with Crippen LogP contribution in [0.5, 0.6) is 0 Å². The summed E-state index contributed by atoms with van der Waals surface area (Å²) in [5.74, 6) is -0.985. The van der Waals surface area contributed by atoms with Gasteiger partial charge < -0.3 is 10.0 Å². The summed E-state index contributed by atoms with van der Waals surface area (Å²) in [6.07, 6.45) is 2.44. The van der Waals surface area contributed by atoms with E-state index in [1.807, 2.05) is 17.0 Å². The molecule has 0 saturated carbocycles. The minimum Gasteiger partial charge on any atom is -0.481 e. The molecule has 0 aromatic carbocycles. The minimum atomic E-state index is -0.716. The van der Waals surface area contributed by atoms with Gasteiger partial charge in [-0.15, -0.1) is 0 Å². The predicted molar refractivity (Wildman–Crippen MR) is 65.4 cm³/mol. The van der Waals surface area contributed by atoms with Crippen molar-refractivity contribution < 1.29 is 9.90 Å². The summed E-state index contributed by atoms with van der Waals surface area (Å²) in [5.41, 5.74) is 0.881. The maximum atomic E-state index is 10.9. The number of hydrogen-bond donors (Lipinski definition) is 1. The highest BCUT2D eigenvalue weighted by molar-refractivity contribution is 7.21. The van der Waals surface area contributed by atoms with Crippen LogP contribution in [0.2, 0.25) is 0 Å². The number of pyridine rings is 1. The van der Waals surface area contributed by atoms with E-state index in [1.165, 1.54) is 11.3 Å². The summed E-state index contributed by atoms with van der Waals surface area (Å²) in [7, 11) is 0. The summed E-state index contributed by atoms with van der Waals surface area (Å²) in [6.45, 7) is 1.31. The summed E-state index contributed by atoms with van der Waals surface area (Å²) in [4.78, 5) is 22.5. The molecule has 0 amide bonds. The summed E-state index contributed by atoms with van der Waals surface area (Å²) in [6, 6.07) is 3.78. The molecule has 17 heavy (non-hydrogen) atoms. The second-order valence-corrected chi connectivity index (χ2v) is 5.05. The van der Waals surface area contributed by atoms with E-state index >= 15 is 0 Å². The van der Waals surface area contributed by atoms with Crippen LogP contribution in [-0.4, -0.2) is 34.1 Å². The van der Waals surface area contributed by atoms with E-state index in [2.05, 4.69) is 9.97 Å². The Labute approximate surface area is 102 Å². The molecule has 0 radical (unpaired) electrons. The Kier molecular flexibility index (Phi) is 2.44. The number of fused-ring (bicyclic) bond motifs is 1. The zero-order valence-corrected chi connectivity index (χ0v) is 9.85. The average molecular weight is 249 g/mol. The lowest BCUT2D eigenvalue weighted by atomic mass is 10.1. The van der Waals surface area contributed by atoms with E-state index in [0.29, 0.717) is 13.0 Å². The van der Waals surface area contributed by atoms with Gasteiger partial charge in [0.1, 0.15) is 10.3 Å². The molecule has 1 saturated heterocycles. The van der Waals surface area contributed by atoms with Gasteiger partial charge in [-0.2, -0.15) is 0 Å². The number of anilines is 1. The predicted octanol–water partition coefficient (Wildman–Crippen LogP) is 1.60. The van der Waals surface area contributed by atoms with Gasteiger partial charge >= 0.3 is 5.97 Å². The molecule has 88 valence electrons. The van der Waals surface area contributed by atoms with Gasteiger partial charge in [-0.1, -0.05) is 11.3 Å². The Hall–Kier alpha value is -1.69. The van der Waals surface area contributed by atoms with Crippen molar-refractivity contribution in [2.45, 2.75) is 6.42 Å². The second-order valence-electron chi connectivity index (χ2n) is 4.09. The molecule has 1 aliphatic heterocycles. The lowest BCUT2D eigenvalue weighted by Gasteiger charge is -2.12. The molecule has 0 aliphatic carbocycles. The fourth-order valence-corrected chi connectivity index (χ4v) is 2.97. The van der Waals surface area contributed by atoms with Crippen molar-refractivity contribution >= 4 is 32.8 Å². The molecule has 0 spiro atoms. The molecule has 6 heteroatoms. The molecular formula is C11H11N3O2S. The Morgan fingerprint density at radius 2 is 2.47 bits per heavy atom. The molecule has 0 unspecified atom stereocenters. The van der Waals surface area contributed by atoms with Crippen LogP contribution < -0.4 is 4.90 Å². The number of carboxylic acids is 1. The highest BCUT2D eigenvalue weighted by Crippen LogP contribution is 2.30. The number of carboxylic acid groups (broad SMARTS) is 1. The van der Waals surface area contributed by atoms with E-state index in [1.54, 1.807) is 6.20 Å². The fraction of sp³-hybridized carbons (Fsp3) is 0.364. The third kappa shape index (κ3) is 1.84. The Balaban J connectivity index is 1.87. The minimum absolute atomic E-state index is 0.269. The Morgan fingerprint density at radius 1 is 1.59 bits per heavy atom. The zero-order valence-electron chi connectivity index (χ0n) is 9.04. The van der Waals surface area contributed by atoms with E-state index in [9.17, 15) is 4.79 Å². The maximum absolute atomic E-state index is 10.9. The number of rotatable bonds is 2. The van der Waals surface area contributed by atoms with Crippen LogP contribution in [0.3, 0.4) is 0 Å². The quantitative estimate of drug-likeness (QED) is 0.875. The van der Waals surface area contributed by atoms with Gasteiger partial charge in [-0.05, 0) is 18.6 Å². The highest BCUT2D eigenvalue weighted by Gasteiger charge is 2.29. The average Bonchev–Trinajstić information content (AvgIpc) is 2.95. The molecule has 3 rings (SSSR count). The van der Waals surface area contributed by atoms with Crippen molar-refractivity contribution in [2.75, 3.05) is 18.0 Å². The molecular weight excluding hydrogens is 238 g/mol. The van der Waals surface area contributed by atoms with Crippen molar-refractivity contribution in [2.24, 2.45) is 5.92 Å². The number of carbonyl (C=O) groups is 1. The second kappa shape index (κ2) is 3.96. The first-order valence-electron chi connectivity index (χ1n) is 5.43. The van der Waals surface area contributed by atoms with Crippen molar-refractivity contribution in [3.63, 3.8) is 0 Å². The molecule has 3 heterocycles. The monoisotopic (exact) mass is 249 g/mol. The van der Waals surface area contributed by atoms with Crippen LogP contribution in [0.1, 0.15) is 6.42 Å². The first-order valence-corrected chi connectivity index (χ1v) is 6.25. The third-order valence-electron chi connectivity index (χ3n) is 2.96. The van der Waals surface area contributed by atoms with Gasteiger partial charge in [0.15, 0.2) is 5.13 Å². The van der Waals surface area contributed by atoms with Crippen molar-refractivity contribution in [3.05, 3.63) is 18.3 Å². The fourth-order valence-electron chi connectivity index (χ4n) is 2.03. The topological polar surface area (TPSA) is 66.3 Å². The molecule has 2 aromatic rings. The Bertz CT molecular complexity index is 536. The van der Waals surface area contributed by atoms with Gasteiger partial charge in [0.2, 0.25) is 0 Å². The lowest BCUT2D eigenvalue weighted by molar-refractivity contribution is -0.140. The standard InChI is InChI=1S/C11H11N3O2S/c15-10(16)7-3-5-14(6-7)11-13-8-2-1-4-12-9(8)17-11/h1-2,4,7H,3,5-6H2,(H,15,16)/t7-/m0/s1. The number of aliphatic carboxylic acids is 1. The van der Waals surface area contributed by atoms with Gasteiger partial charge in [-0.25, -0.2) is 9.97 Å². The molecule has 1 fully saturated rings. The Morgan fingerprint density at radius 3 is 3.18 bits per heavy atom. The van der Waals surface area contributed by atoms with Crippen molar-refractivity contribution in [3.8, 4) is 0 Å². The third-order valence-corrected chi connectivity index (χ3v) is 4.00. The van der Waals surface area contributed by atoms with Crippen LogP contribution in [0.4, 0.5) is 5.13 Å². The highest BCUT2D eigenvalue weighted by atomic mass is 32.1. The number of aromatic nitrogens is 2. The smallest absolute Gasteiger partial charge is 0.308 e. The molecule has 5 nitrogen and oxygen atoms in total. The molecule has 1 N–H and O–H groups in total. The van der Waals surface area contributed by atoms with Crippen molar-refractivity contribution in [1.82, 2.24) is 9.97 Å². The first-order chi connectivity index (χ1) is 8.24. The first kappa shape index (κ1) is 10.5. The van der Waals surface area contributed by atoms with Crippen LogP contribution in [0.25, 0.3) is 10.3 Å². The normalized spacial score (nSPS) is 20.0. The van der Waals surface area contributed by atoms with E-state index in [0.717, 1.165) is 22.0 Å². The van der Waals surface area contributed by atoms with E-state index < -0.39 is 5.97 Å². The van der Waals surface area contributed by atoms with E-state index in [4.69, 9.17) is 5.11 Å². The van der Waals surface area contributed by atoms with Gasteiger partial charge in [0, 0.05) is 19.3 Å². The molecule has 2 aromatic heterocycles. The lowest BCUT2D eigenvalue weighted by Crippen LogP contribution is -2.22. The number of nitrogens with zero attached hydrogens (tertiary/aromatic N) is 3. The van der Waals surface area contributed by atoms with Gasteiger partial charge in [0.25, 0.3) is 0 Å². The van der Waals surface area contributed by atoms with E-state index in [-0.39, 0.29) is 5.92 Å². The zero-order chi connectivity index (χ0) is 11.8. The van der Waals surface area contributed by atoms with Gasteiger partial charge in [-0.3, -0.25) is 4.79 Å². The van der Waals surface area contributed by atoms with Crippen LogP contribution in [-0.2, 0) is 4.79 Å². The van der Waals surface area contributed by atoms with Crippen molar-refractivity contribution in [1.29, 1.82) is 0 Å². The number of hydrogen-bond acceptors (Lipinski definition) is 5. The van der Waals surface area contributed by atoms with Crippen LogP contribution in [0.15, 0.2) is 18.3 Å². The molecule has 0 bridgehead atoms. The summed E-state index contributed by atoms with van der Waals surface area (Å²) in [5, 5.41) is 9.84. The molecule has 1 atom stereocenters. The SMILES string of the molecule is O=C(O)[C@H]1CCN(c2nc3cccnc3s2)C1. The van der Waals surface area contributed by atoms with Crippen LogP contribution >= 0.6 is 11.3 Å². The van der Waals surface area contributed by atoms with Crippen LogP contribution in [0, 0.1) is 5.92 Å². The molecule has 1 aliphatic rings. The summed E-state index contributed by atoms with van der Waals surface area (Å²) >= 11 is 1.52. The van der Waals surface area contributed by atoms with Gasteiger partial charge in [0.05, 0.1) is 5.92 Å².